The van der Waals surface area contributed by atoms with Gasteiger partial charge in [-0.05, 0) is 80.9 Å². The molecule has 0 aliphatic rings. The number of nitrogens with zero attached hydrogens (tertiary/aromatic N) is 3. The van der Waals surface area contributed by atoms with E-state index in [1.54, 1.807) is 12.1 Å². The van der Waals surface area contributed by atoms with Crippen molar-refractivity contribution in [1.29, 1.82) is 0 Å². The molecule has 2 aromatic carbocycles. The highest BCUT2D eigenvalue weighted by atomic mass is 35.5. The lowest BCUT2D eigenvalue weighted by Crippen LogP contribution is -2.39. The molecule has 4 N–H and O–H groups in total. The number of thiocarbonyl (C=S) groups is 1. The lowest BCUT2D eigenvalue weighted by atomic mass is 10.1. The van der Waals surface area contributed by atoms with E-state index in [-0.39, 0.29) is 5.75 Å². The fourth-order valence-corrected chi connectivity index (χ4v) is 3.43. The number of rotatable bonds is 5. The Balaban J connectivity index is 1.73. The zero-order valence-electron chi connectivity index (χ0n) is 18.1. The number of nitrogens with one attached hydrogen (secondary N) is 3. The average Bonchev–Trinajstić information content (AvgIpc) is 2.71. The Hall–Kier alpha value is -3.23. The summed E-state index contributed by atoms with van der Waals surface area (Å²) in [4.78, 5) is 13.4. The normalized spacial score (nSPS) is 11.2. The van der Waals surface area contributed by atoms with Crippen molar-refractivity contribution in [2.45, 2.75) is 27.2 Å². The lowest BCUT2D eigenvalue weighted by molar-refractivity contribution is 0.475. The molecule has 0 fully saturated rings. The van der Waals surface area contributed by atoms with Gasteiger partial charge in [0.25, 0.3) is 0 Å². The fraction of sp³-hybridized carbons (Fsp3) is 0.217. The fourth-order valence-electron chi connectivity index (χ4n) is 2.94. The molecule has 1 heterocycles. The Labute approximate surface area is 198 Å². The summed E-state index contributed by atoms with van der Waals surface area (Å²) in [7, 11) is 0. The topological polar surface area (TPSA) is 94.5 Å². The maximum atomic E-state index is 9.44. The zero-order valence-corrected chi connectivity index (χ0v) is 19.7. The summed E-state index contributed by atoms with van der Waals surface area (Å²) >= 11 is 11.8. The number of hydrogen-bond donors (Lipinski definition) is 4. The molecule has 3 aromatic rings. The van der Waals surface area contributed by atoms with Crippen LogP contribution in [0.2, 0.25) is 5.02 Å². The summed E-state index contributed by atoms with van der Waals surface area (Å²) in [5.41, 5.74) is 4.50. The molecule has 0 atom stereocenters. The van der Waals surface area contributed by atoms with Crippen molar-refractivity contribution >= 4 is 46.5 Å². The number of benzene rings is 2. The van der Waals surface area contributed by atoms with Gasteiger partial charge in [-0.2, -0.15) is 0 Å². The second kappa shape index (κ2) is 10.9. The molecule has 0 saturated heterocycles. The largest absolute Gasteiger partial charge is 0.508 e. The number of aryl methyl sites for hydroxylation is 3. The second-order valence-electron chi connectivity index (χ2n) is 7.31. The van der Waals surface area contributed by atoms with Crippen molar-refractivity contribution in [3.8, 4) is 5.75 Å². The van der Waals surface area contributed by atoms with Crippen molar-refractivity contribution in [2.24, 2.45) is 4.99 Å². The van der Waals surface area contributed by atoms with Crippen molar-refractivity contribution in [2.75, 3.05) is 17.2 Å². The van der Waals surface area contributed by atoms with Gasteiger partial charge in [-0.3, -0.25) is 10.3 Å². The maximum absolute atomic E-state index is 9.44. The average molecular weight is 469 g/mol. The Morgan fingerprint density at radius 3 is 2.34 bits per heavy atom. The first kappa shape index (κ1) is 23.4. The van der Waals surface area contributed by atoms with Crippen LogP contribution in [0.5, 0.6) is 5.75 Å². The van der Waals surface area contributed by atoms with Gasteiger partial charge in [0.05, 0.1) is 10.7 Å². The van der Waals surface area contributed by atoms with Crippen LogP contribution in [0.25, 0.3) is 0 Å². The second-order valence-corrected chi connectivity index (χ2v) is 8.12. The Morgan fingerprint density at radius 1 is 1.00 bits per heavy atom. The van der Waals surface area contributed by atoms with Gasteiger partial charge in [0.15, 0.2) is 5.11 Å². The molecule has 9 heteroatoms. The SMILES string of the molecule is Cc1ccc(NC(=S)NC(=NCCc2ccc(O)cc2)Nc2nc(C)cc(C)n2)c(Cl)c1. The standard InChI is InChI=1S/C23H25ClN6OS/c1-14-4-9-20(19(24)12-14)28-23(32)30-21(29-22-26-15(2)13-16(3)27-22)25-11-10-17-5-7-18(31)8-6-17/h4-9,12-13,31H,10-11H2,1-3H3,(H3,25,26,27,28,29,30,32). The predicted octanol–water partition coefficient (Wildman–Crippen LogP) is 4.76. The van der Waals surface area contributed by atoms with Gasteiger partial charge in [0.1, 0.15) is 5.75 Å². The molecule has 32 heavy (non-hydrogen) atoms. The number of phenols is 1. The number of aromatic hydroxyl groups is 1. The number of guanidine groups is 1. The first-order chi connectivity index (χ1) is 15.3. The van der Waals surface area contributed by atoms with Crippen LogP contribution in [-0.4, -0.2) is 32.7 Å². The highest BCUT2D eigenvalue weighted by Gasteiger charge is 2.09. The van der Waals surface area contributed by atoms with Gasteiger partial charge >= 0.3 is 0 Å². The number of aromatic nitrogens is 2. The van der Waals surface area contributed by atoms with E-state index < -0.39 is 0 Å². The van der Waals surface area contributed by atoms with Crippen LogP contribution in [0, 0.1) is 20.8 Å². The summed E-state index contributed by atoms with van der Waals surface area (Å²) in [6.07, 6.45) is 0.685. The number of hydrogen-bond acceptors (Lipinski definition) is 5. The molecular formula is C23H25ClN6OS. The summed E-state index contributed by atoms with van der Waals surface area (Å²) in [6, 6.07) is 14.6. The number of aliphatic imine (C=N–C) groups is 1. The zero-order chi connectivity index (χ0) is 23.1. The molecule has 0 saturated carbocycles. The van der Waals surface area contributed by atoms with Crippen LogP contribution >= 0.6 is 23.8 Å². The number of phenolic OH excluding ortho intramolecular Hbond substituents is 1. The van der Waals surface area contributed by atoms with E-state index in [0.717, 1.165) is 22.5 Å². The summed E-state index contributed by atoms with van der Waals surface area (Å²) in [5, 5.41) is 19.6. The van der Waals surface area contributed by atoms with Crippen molar-refractivity contribution in [3.05, 3.63) is 76.1 Å². The molecule has 0 aliphatic heterocycles. The van der Waals surface area contributed by atoms with Gasteiger partial charge in [-0.15, -0.1) is 0 Å². The molecular weight excluding hydrogens is 444 g/mol. The maximum Gasteiger partial charge on any atom is 0.229 e. The monoisotopic (exact) mass is 468 g/mol. The molecule has 7 nitrogen and oxygen atoms in total. The number of anilines is 2. The minimum atomic E-state index is 0.236. The van der Waals surface area contributed by atoms with E-state index in [2.05, 4.69) is 30.9 Å². The third kappa shape index (κ3) is 7.18. The van der Waals surface area contributed by atoms with Crippen molar-refractivity contribution in [1.82, 2.24) is 15.3 Å². The van der Waals surface area contributed by atoms with Crippen LogP contribution in [-0.2, 0) is 6.42 Å². The minimum Gasteiger partial charge on any atom is -0.508 e. The molecule has 3 rings (SSSR count). The van der Waals surface area contributed by atoms with E-state index in [4.69, 9.17) is 23.8 Å². The van der Waals surface area contributed by atoms with Crippen molar-refractivity contribution in [3.63, 3.8) is 0 Å². The van der Waals surface area contributed by atoms with E-state index in [1.165, 1.54) is 0 Å². The molecule has 0 amide bonds. The molecule has 166 valence electrons. The Bertz CT molecular complexity index is 1110. The van der Waals surface area contributed by atoms with Crippen LogP contribution in [0.3, 0.4) is 0 Å². The van der Waals surface area contributed by atoms with Crippen LogP contribution in [0.15, 0.2) is 53.5 Å². The van der Waals surface area contributed by atoms with Crippen molar-refractivity contribution < 1.29 is 5.11 Å². The molecule has 0 unspecified atom stereocenters. The van der Waals surface area contributed by atoms with E-state index in [0.29, 0.717) is 40.7 Å². The van der Waals surface area contributed by atoms with Gasteiger partial charge in [0, 0.05) is 17.9 Å². The van der Waals surface area contributed by atoms with E-state index in [1.807, 2.05) is 57.2 Å². The minimum absolute atomic E-state index is 0.236. The highest BCUT2D eigenvalue weighted by molar-refractivity contribution is 7.80. The van der Waals surface area contributed by atoms with Gasteiger partial charge < -0.3 is 15.7 Å². The highest BCUT2D eigenvalue weighted by Crippen LogP contribution is 2.22. The quantitative estimate of drug-likeness (QED) is 0.243. The van der Waals surface area contributed by atoms with Gasteiger partial charge in [-0.25, -0.2) is 9.97 Å². The van der Waals surface area contributed by atoms with E-state index in [9.17, 15) is 5.11 Å². The molecule has 0 spiro atoms. The van der Waals surface area contributed by atoms with Crippen LogP contribution in [0.4, 0.5) is 11.6 Å². The first-order valence-electron chi connectivity index (χ1n) is 10.0. The molecule has 0 bridgehead atoms. The third-order valence-electron chi connectivity index (χ3n) is 4.42. The third-order valence-corrected chi connectivity index (χ3v) is 4.94. The predicted molar refractivity (Wildman–Crippen MR) is 135 cm³/mol. The molecule has 0 aliphatic carbocycles. The summed E-state index contributed by atoms with van der Waals surface area (Å²) < 4.78 is 0. The van der Waals surface area contributed by atoms with Crippen LogP contribution < -0.4 is 16.0 Å². The molecule has 1 aromatic heterocycles. The number of halogens is 1. The first-order valence-corrected chi connectivity index (χ1v) is 10.8. The summed E-state index contributed by atoms with van der Waals surface area (Å²) in [5.74, 6) is 1.07. The van der Waals surface area contributed by atoms with Gasteiger partial charge in [0.2, 0.25) is 11.9 Å². The van der Waals surface area contributed by atoms with Crippen LogP contribution in [0.1, 0.15) is 22.5 Å². The van der Waals surface area contributed by atoms with Gasteiger partial charge in [-0.1, -0.05) is 29.8 Å². The summed E-state index contributed by atoms with van der Waals surface area (Å²) in [6.45, 7) is 6.26. The van der Waals surface area contributed by atoms with E-state index >= 15 is 0 Å². The lowest BCUT2D eigenvalue weighted by Gasteiger charge is -2.15. The smallest absolute Gasteiger partial charge is 0.229 e. The Morgan fingerprint density at radius 2 is 1.69 bits per heavy atom. The molecule has 0 radical (unpaired) electrons. The Kier molecular flexibility index (Phi) is 7.97.